The predicted molar refractivity (Wildman–Crippen MR) is 111 cm³/mol. The smallest absolute Gasteiger partial charge is 0.263 e. The van der Waals surface area contributed by atoms with Crippen LogP contribution in [0, 0.1) is 0 Å². The number of aryl methyl sites for hydroxylation is 1. The Labute approximate surface area is 168 Å². The standard InChI is InChI=1S/C20H22N2O4S2/c1-3-22-17-11-10-16(26-4-2)12-18(17)27-20(22)21-19(23)14-28(24,25)13-15-8-6-5-7-9-15/h5-12H,3-4,13-14H2,1-2H3. The lowest BCUT2D eigenvalue weighted by Crippen LogP contribution is -2.21. The second-order valence-electron chi connectivity index (χ2n) is 6.21. The van der Waals surface area contributed by atoms with E-state index in [9.17, 15) is 13.2 Å². The molecular weight excluding hydrogens is 396 g/mol. The van der Waals surface area contributed by atoms with Crippen LogP contribution >= 0.6 is 11.3 Å². The average Bonchev–Trinajstić information content (AvgIpc) is 2.97. The van der Waals surface area contributed by atoms with Crippen LogP contribution in [0.15, 0.2) is 53.5 Å². The van der Waals surface area contributed by atoms with Gasteiger partial charge in [0.1, 0.15) is 11.5 Å². The Balaban J connectivity index is 1.87. The number of nitrogens with zero attached hydrogens (tertiary/aromatic N) is 2. The molecule has 0 atom stereocenters. The zero-order valence-corrected chi connectivity index (χ0v) is 17.4. The minimum Gasteiger partial charge on any atom is -0.494 e. The maximum absolute atomic E-state index is 12.4. The van der Waals surface area contributed by atoms with Gasteiger partial charge in [0.15, 0.2) is 14.6 Å². The fourth-order valence-corrected chi connectivity index (χ4v) is 5.29. The number of ether oxygens (including phenoxy) is 1. The van der Waals surface area contributed by atoms with Crippen molar-refractivity contribution in [2.24, 2.45) is 4.99 Å². The van der Waals surface area contributed by atoms with E-state index in [4.69, 9.17) is 4.74 Å². The number of carbonyl (C=O) groups is 1. The van der Waals surface area contributed by atoms with Crippen LogP contribution in [-0.2, 0) is 26.9 Å². The third-order valence-corrected chi connectivity index (χ3v) is 6.58. The summed E-state index contributed by atoms with van der Waals surface area (Å²) in [5.41, 5.74) is 1.60. The molecule has 3 aromatic rings. The molecule has 0 aliphatic heterocycles. The van der Waals surface area contributed by atoms with E-state index in [1.165, 1.54) is 11.3 Å². The molecule has 1 amide bonds. The number of carbonyl (C=O) groups excluding carboxylic acids is 1. The van der Waals surface area contributed by atoms with Gasteiger partial charge in [0.2, 0.25) is 0 Å². The Morgan fingerprint density at radius 2 is 1.89 bits per heavy atom. The highest BCUT2D eigenvalue weighted by Crippen LogP contribution is 2.23. The van der Waals surface area contributed by atoms with Crippen molar-refractivity contribution in [3.05, 3.63) is 58.9 Å². The molecule has 1 heterocycles. The van der Waals surface area contributed by atoms with Crippen molar-refractivity contribution in [3.63, 3.8) is 0 Å². The van der Waals surface area contributed by atoms with Crippen molar-refractivity contribution in [2.75, 3.05) is 12.4 Å². The van der Waals surface area contributed by atoms with Gasteiger partial charge in [0.25, 0.3) is 5.91 Å². The van der Waals surface area contributed by atoms with Crippen LogP contribution in [0.5, 0.6) is 5.75 Å². The SMILES string of the molecule is CCOc1ccc2c(c1)sc(=NC(=O)CS(=O)(=O)Cc1ccccc1)n2CC. The van der Waals surface area contributed by atoms with E-state index in [0.717, 1.165) is 16.0 Å². The molecule has 0 unspecified atom stereocenters. The number of hydrogen-bond acceptors (Lipinski definition) is 5. The molecule has 0 spiro atoms. The van der Waals surface area contributed by atoms with Crippen LogP contribution in [0.3, 0.4) is 0 Å². The molecule has 0 saturated heterocycles. The fourth-order valence-electron chi connectivity index (χ4n) is 2.91. The monoisotopic (exact) mass is 418 g/mol. The molecule has 0 saturated carbocycles. The van der Waals surface area contributed by atoms with Crippen LogP contribution < -0.4 is 9.54 Å². The number of aromatic nitrogens is 1. The van der Waals surface area contributed by atoms with Crippen LogP contribution in [0.25, 0.3) is 10.2 Å². The third kappa shape index (κ3) is 4.88. The predicted octanol–water partition coefficient (Wildman–Crippen LogP) is 3.16. The Bertz CT molecular complexity index is 1150. The Hall–Kier alpha value is -2.45. The topological polar surface area (TPSA) is 77.7 Å². The molecule has 1 aromatic heterocycles. The molecule has 28 heavy (non-hydrogen) atoms. The lowest BCUT2D eigenvalue weighted by atomic mass is 10.2. The van der Waals surface area contributed by atoms with Crippen molar-refractivity contribution in [3.8, 4) is 5.75 Å². The van der Waals surface area contributed by atoms with Gasteiger partial charge >= 0.3 is 0 Å². The summed E-state index contributed by atoms with van der Waals surface area (Å²) < 4.78 is 33.0. The van der Waals surface area contributed by atoms with E-state index in [1.54, 1.807) is 24.3 Å². The van der Waals surface area contributed by atoms with Gasteiger partial charge < -0.3 is 9.30 Å². The second-order valence-corrected chi connectivity index (χ2v) is 9.29. The molecule has 2 aromatic carbocycles. The maximum atomic E-state index is 12.4. The summed E-state index contributed by atoms with van der Waals surface area (Å²) in [6.45, 7) is 5.06. The van der Waals surface area contributed by atoms with Crippen LogP contribution in [0.2, 0.25) is 0 Å². The highest BCUT2D eigenvalue weighted by Gasteiger charge is 2.17. The van der Waals surface area contributed by atoms with Gasteiger partial charge in [-0.1, -0.05) is 41.7 Å². The molecule has 0 aliphatic carbocycles. The number of amides is 1. The fraction of sp³-hybridized carbons (Fsp3) is 0.300. The lowest BCUT2D eigenvalue weighted by molar-refractivity contribution is -0.115. The Morgan fingerprint density at radius 3 is 2.57 bits per heavy atom. The summed E-state index contributed by atoms with van der Waals surface area (Å²) in [7, 11) is -3.59. The number of rotatable bonds is 7. The van der Waals surface area contributed by atoms with E-state index >= 15 is 0 Å². The average molecular weight is 419 g/mol. The molecule has 0 radical (unpaired) electrons. The molecule has 0 N–H and O–H groups in total. The number of benzene rings is 2. The van der Waals surface area contributed by atoms with Gasteiger partial charge in [-0.25, -0.2) is 8.42 Å². The van der Waals surface area contributed by atoms with Crippen LogP contribution in [0.4, 0.5) is 0 Å². The van der Waals surface area contributed by atoms with E-state index in [-0.39, 0.29) is 5.75 Å². The van der Waals surface area contributed by atoms with Crippen LogP contribution in [0.1, 0.15) is 19.4 Å². The van der Waals surface area contributed by atoms with Crippen molar-refractivity contribution in [1.29, 1.82) is 0 Å². The van der Waals surface area contributed by atoms with Crippen molar-refractivity contribution in [1.82, 2.24) is 4.57 Å². The summed E-state index contributed by atoms with van der Waals surface area (Å²) >= 11 is 1.35. The van der Waals surface area contributed by atoms with Gasteiger partial charge in [0, 0.05) is 6.54 Å². The first kappa shape index (κ1) is 20.3. The summed E-state index contributed by atoms with van der Waals surface area (Å²) in [4.78, 5) is 16.9. The summed E-state index contributed by atoms with van der Waals surface area (Å²) in [5, 5.41) is 0. The zero-order valence-electron chi connectivity index (χ0n) is 15.8. The number of sulfone groups is 1. The number of fused-ring (bicyclic) bond motifs is 1. The number of hydrogen-bond donors (Lipinski definition) is 0. The molecule has 3 rings (SSSR count). The molecule has 148 valence electrons. The van der Waals surface area contributed by atoms with Crippen molar-refractivity contribution < 1.29 is 17.9 Å². The third-order valence-electron chi connectivity index (χ3n) is 4.07. The molecule has 0 aliphatic rings. The highest BCUT2D eigenvalue weighted by atomic mass is 32.2. The summed E-state index contributed by atoms with van der Waals surface area (Å²) in [6, 6.07) is 14.5. The normalized spacial score (nSPS) is 12.4. The van der Waals surface area contributed by atoms with Gasteiger partial charge in [-0.2, -0.15) is 4.99 Å². The lowest BCUT2D eigenvalue weighted by Gasteiger charge is -2.04. The number of thiazole rings is 1. The molecule has 0 fully saturated rings. The van der Waals surface area contributed by atoms with Gasteiger partial charge in [-0.05, 0) is 37.6 Å². The maximum Gasteiger partial charge on any atom is 0.263 e. The largest absolute Gasteiger partial charge is 0.494 e. The molecule has 0 bridgehead atoms. The first-order valence-corrected chi connectivity index (χ1v) is 11.6. The molecule has 6 nitrogen and oxygen atoms in total. The van der Waals surface area contributed by atoms with Crippen molar-refractivity contribution in [2.45, 2.75) is 26.1 Å². The van der Waals surface area contributed by atoms with E-state index in [1.807, 2.05) is 42.7 Å². The van der Waals surface area contributed by atoms with Gasteiger partial charge in [0.05, 0.1) is 22.6 Å². The minimum absolute atomic E-state index is 0.174. The minimum atomic E-state index is -3.59. The first-order chi connectivity index (χ1) is 13.4. The quantitative estimate of drug-likeness (QED) is 0.590. The summed E-state index contributed by atoms with van der Waals surface area (Å²) in [5.74, 6) is -0.686. The van der Waals surface area contributed by atoms with E-state index < -0.39 is 21.5 Å². The zero-order chi connectivity index (χ0) is 20.1. The molecule has 8 heteroatoms. The summed E-state index contributed by atoms with van der Waals surface area (Å²) in [6.07, 6.45) is 0. The van der Waals surface area contributed by atoms with Gasteiger partial charge in [-0.3, -0.25) is 4.79 Å². The Kier molecular flexibility index (Phi) is 6.31. The second kappa shape index (κ2) is 8.70. The van der Waals surface area contributed by atoms with Crippen molar-refractivity contribution >= 4 is 37.3 Å². The van der Waals surface area contributed by atoms with Gasteiger partial charge in [-0.15, -0.1) is 0 Å². The van der Waals surface area contributed by atoms with Crippen LogP contribution in [-0.4, -0.2) is 31.3 Å². The van der Waals surface area contributed by atoms with E-state index in [0.29, 0.717) is 23.5 Å². The Morgan fingerprint density at radius 1 is 1.14 bits per heavy atom. The highest BCUT2D eigenvalue weighted by molar-refractivity contribution is 7.91. The van der Waals surface area contributed by atoms with E-state index in [2.05, 4.69) is 4.99 Å². The molecular formula is C20H22N2O4S2. The first-order valence-electron chi connectivity index (χ1n) is 9.00.